The van der Waals surface area contributed by atoms with Gasteiger partial charge in [0, 0.05) is 16.2 Å². The fourth-order valence-electron chi connectivity index (χ4n) is 2.75. The van der Waals surface area contributed by atoms with E-state index in [9.17, 15) is 9.90 Å². The average Bonchev–Trinajstić information content (AvgIpc) is 3.06. The van der Waals surface area contributed by atoms with Gasteiger partial charge in [-0.1, -0.05) is 6.08 Å². The molecule has 23 heavy (non-hydrogen) atoms. The van der Waals surface area contributed by atoms with Crippen molar-refractivity contribution in [1.82, 2.24) is 14.5 Å². The molecule has 0 aliphatic carbocycles. The second kappa shape index (κ2) is 6.59. The summed E-state index contributed by atoms with van der Waals surface area (Å²) in [5.74, 6) is 0.0504. The number of rotatable bonds is 5. The number of aliphatic hydroxyl groups excluding tert-OH is 1. The molecule has 2 aromatic heterocycles. The smallest absolute Gasteiger partial charge is 0.262 e. The van der Waals surface area contributed by atoms with Crippen molar-refractivity contribution in [2.24, 2.45) is 0 Å². The highest BCUT2D eigenvalue weighted by molar-refractivity contribution is 14.1. The predicted octanol–water partition coefficient (Wildman–Crippen LogP) is 0.762. The minimum Gasteiger partial charge on any atom is -0.394 e. The molecule has 0 aromatic carbocycles. The lowest BCUT2D eigenvalue weighted by Crippen LogP contribution is -2.27. The second-order valence-electron chi connectivity index (χ2n) is 5.24. The first-order chi connectivity index (χ1) is 11.0. The van der Waals surface area contributed by atoms with Crippen molar-refractivity contribution in [3.05, 3.63) is 32.8 Å². The first kappa shape index (κ1) is 16.4. The van der Waals surface area contributed by atoms with Crippen LogP contribution < -0.4 is 11.3 Å². The number of H-pyrrole nitrogens is 1. The summed E-state index contributed by atoms with van der Waals surface area (Å²) in [6.07, 6.45) is 2.90. The molecule has 0 saturated carbocycles. The van der Waals surface area contributed by atoms with Crippen LogP contribution in [-0.2, 0) is 9.47 Å². The van der Waals surface area contributed by atoms with E-state index in [2.05, 4.69) is 39.1 Å². The number of aromatic amines is 1. The molecule has 4 N–H and O–H groups in total. The molecule has 0 radical (unpaired) electrons. The molecule has 124 valence electrons. The summed E-state index contributed by atoms with van der Waals surface area (Å²) in [4.78, 5) is 18.8. The molecule has 1 fully saturated rings. The van der Waals surface area contributed by atoms with E-state index in [-0.39, 0.29) is 30.4 Å². The molecule has 1 aliphatic rings. The number of nitrogen functional groups attached to an aromatic ring is 1. The molecular weight excluding hydrogens is 415 g/mol. The van der Waals surface area contributed by atoms with E-state index >= 15 is 0 Å². The van der Waals surface area contributed by atoms with Gasteiger partial charge in [-0.05, 0) is 22.6 Å². The van der Waals surface area contributed by atoms with Crippen LogP contribution in [0.1, 0.15) is 12.6 Å². The highest BCUT2D eigenvalue weighted by Gasteiger charge is 2.37. The van der Waals surface area contributed by atoms with E-state index in [1.54, 1.807) is 16.8 Å². The number of nitrogens with two attached hydrogens (primary N) is 1. The van der Waals surface area contributed by atoms with Crippen LogP contribution in [0.25, 0.3) is 11.0 Å². The van der Waals surface area contributed by atoms with E-state index in [0.29, 0.717) is 24.1 Å². The number of anilines is 1. The molecule has 9 heteroatoms. The Morgan fingerprint density at radius 2 is 2.48 bits per heavy atom. The van der Waals surface area contributed by atoms with Crippen LogP contribution in [0.15, 0.2) is 23.6 Å². The molecule has 1 saturated heterocycles. The van der Waals surface area contributed by atoms with Gasteiger partial charge in [-0.25, -0.2) is 0 Å². The van der Waals surface area contributed by atoms with Gasteiger partial charge in [0.2, 0.25) is 5.95 Å². The number of nitrogens with one attached hydrogen (secondary N) is 1. The van der Waals surface area contributed by atoms with Gasteiger partial charge in [-0.2, -0.15) is 4.98 Å². The zero-order chi connectivity index (χ0) is 16.6. The largest absolute Gasteiger partial charge is 0.394 e. The summed E-state index contributed by atoms with van der Waals surface area (Å²) in [5, 5.41) is 9.95. The number of hydrogen-bond donors (Lipinski definition) is 3. The molecule has 0 spiro atoms. The molecule has 3 rings (SSSR count). The fourth-order valence-corrected chi connectivity index (χ4v) is 3.54. The number of nitrogens with zero attached hydrogens (tertiary/aromatic N) is 2. The van der Waals surface area contributed by atoms with E-state index in [1.165, 1.54) is 0 Å². The Hall–Kier alpha value is -1.43. The van der Waals surface area contributed by atoms with E-state index < -0.39 is 6.10 Å². The van der Waals surface area contributed by atoms with Crippen molar-refractivity contribution in [3.8, 4) is 0 Å². The topological polar surface area (TPSA) is 115 Å². The van der Waals surface area contributed by atoms with Gasteiger partial charge in [-0.15, -0.1) is 6.58 Å². The van der Waals surface area contributed by atoms with Gasteiger partial charge in [-0.3, -0.25) is 9.78 Å². The lowest BCUT2D eigenvalue weighted by Gasteiger charge is -2.15. The Kier molecular flexibility index (Phi) is 4.71. The molecule has 3 atom stereocenters. The molecule has 0 amide bonds. The van der Waals surface area contributed by atoms with E-state index in [4.69, 9.17) is 15.2 Å². The highest BCUT2D eigenvalue weighted by atomic mass is 127. The number of hydrogen-bond acceptors (Lipinski definition) is 6. The van der Waals surface area contributed by atoms with Gasteiger partial charge in [0.25, 0.3) is 5.56 Å². The fraction of sp³-hybridized carbons (Fsp3) is 0.429. The van der Waals surface area contributed by atoms with Crippen molar-refractivity contribution >= 4 is 39.6 Å². The number of fused-ring (bicyclic) bond motifs is 1. The van der Waals surface area contributed by atoms with Crippen LogP contribution in [0.2, 0.25) is 0 Å². The van der Waals surface area contributed by atoms with E-state index in [0.717, 1.165) is 3.57 Å². The number of ether oxygens (including phenoxy) is 2. The molecule has 2 aromatic rings. The van der Waals surface area contributed by atoms with Gasteiger partial charge in [0.05, 0.1) is 24.7 Å². The van der Waals surface area contributed by atoms with Crippen LogP contribution in [0.4, 0.5) is 5.95 Å². The summed E-state index contributed by atoms with van der Waals surface area (Å²) in [6.45, 7) is 3.85. The van der Waals surface area contributed by atoms with Gasteiger partial charge in [0.1, 0.15) is 12.3 Å². The molecule has 0 unspecified atom stereocenters. The predicted molar refractivity (Wildman–Crippen MR) is 93.0 cm³/mol. The third-order valence-electron chi connectivity index (χ3n) is 3.75. The summed E-state index contributed by atoms with van der Waals surface area (Å²) >= 11 is 2.07. The lowest BCUT2D eigenvalue weighted by atomic mass is 10.2. The van der Waals surface area contributed by atoms with Crippen molar-refractivity contribution < 1.29 is 14.6 Å². The third-order valence-corrected chi connectivity index (χ3v) is 4.57. The second-order valence-corrected chi connectivity index (χ2v) is 6.40. The summed E-state index contributed by atoms with van der Waals surface area (Å²) < 4.78 is 14.0. The summed E-state index contributed by atoms with van der Waals surface area (Å²) in [5.41, 5.74) is 5.82. The van der Waals surface area contributed by atoms with Crippen molar-refractivity contribution in [2.45, 2.75) is 24.9 Å². The molecule has 0 bridgehead atoms. The Morgan fingerprint density at radius 1 is 1.70 bits per heavy atom. The Bertz CT molecular complexity index is 787. The van der Waals surface area contributed by atoms with Crippen LogP contribution in [0.3, 0.4) is 0 Å². The molecule has 8 nitrogen and oxygen atoms in total. The third kappa shape index (κ3) is 3.01. The minimum absolute atomic E-state index is 0.0504. The first-order valence-electron chi connectivity index (χ1n) is 7.09. The first-order valence-corrected chi connectivity index (χ1v) is 8.17. The van der Waals surface area contributed by atoms with Crippen LogP contribution >= 0.6 is 22.6 Å². The Labute approximate surface area is 145 Å². The van der Waals surface area contributed by atoms with Gasteiger partial charge in [0.15, 0.2) is 5.65 Å². The monoisotopic (exact) mass is 432 g/mol. The molecule has 3 heterocycles. The number of aromatic nitrogens is 3. The minimum atomic E-state index is -0.436. The molecular formula is C14H17IN4O4. The van der Waals surface area contributed by atoms with Gasteiger partial charge >= 0.3 is 0 Å². The maximum Gasteiger partial charge on any atom is 0.262 e. The van der Waals surface area contributed by atoms with Crippen molar-refractivity contribution in [2.75, 3.05) is 18.9 Å². The SMILES string of the molecule is C=CCO[C@H]1C[C@H](n2cc(I)c3c(=O)[nH]c(N)nc32)O[C@@H]1CO. The van der Waals surface area contributed by atoms with Crippen LogP contribution in [-0.4, -0.2) is 45.1 Å². The maximum atomic E-state index is 12.1. The van der Waals surface area contributed by atoms with Gasteiger partial charge < -0.3 is 24.9 Å². The normalized spacial score (nSPS) is 24.3. The Balaban J connectivity index is 1.98. The van der Waals surface area contributed by atoms with Crippen LogP contribution in [0, 0.1) is 3.57 Å². The van der Waals surface area contributed by atoms with Crippen molar-refractivity contribution in [3.63, 3.8) is 0 Å². The maximum absolute atomic E-state index is 12.1. The highest BCUT2D eigenvalue weighted by Crippen LogP contribution is 2.34. The summed E-state index contributed by atoms with van der Waals surface area (Å²) in [7, 11) is 0. The zero-order valence-electron chi connectivity index (χ0n) is 12.2. The van der Waals surface area contributed by atoms with E-state index in [1.807, 2.05) is 0 Å². The average molecular weight is 432 g/mol. The quantitative estimate of drug-likeness (QED) is 0.475. The number of aliphatic hydroxyl groups is 1. The summed E-state index contributed by atoms with van der Waals surface area (Å²) in [6, 6.07) is 0. The van der Waals surface area contributed by atoms with Crippen molar-refractivity contribution in [1.29, 1.82) is 0 Å². The standard InChI is InChI=1S/C14H17IN4O4/c1-2-3-22-8-4-10(23-9(8)6-20)19-5-7(15)11-12(19)17-14(16)18-13(11)21/h2,5,8-10,20H,1,3-4,6H2,(H3,16,17,18,21)/t8-,9+,10+/m0/s1. The Morgan fingerprint density at radius 3 is 3.17 bits per heavy atom. The molecule has 1 aliphatic heterocycles. The zero-order valence-corrected chi connectivity index (χ0v) is 14.4. The number of halogens is 1. The van der Waals surface area contributed by atoms with Crippen LogP contribution in [0.5, 0.6) is 0 Å². The lowest BCUT2D eigenvalue weighted by molar-refractivity contribution is -0.0560.